The van der Waals surface area contributed by atoms with Crippen molar-refractivity contribution >= 4 is 21.9 Å². The van der Waals surface area contributed by atoms with Crippen molar-refractivity contribution in [3.05, 3.63) is 11.8 Å². The molecule has 1 aromatic rings. The molecular weight excluding hydrogens is 294 g/mol. The van der Waals surface area contributed by atoms with Crippen LogP contribution in [0, 0.1) is 6.92 Å². The number of halogens is 1. The summed E-state index contributed by atoms with van der Waals surface area (Å²) in [7, 11) is 0. The zero-order valence-corrected chi connectivity index (χ0v) is 12.6. The molecule has 100 valence electrons. The summed E-state index contributed by atoms with van der Waals surface area (Å²) in [5.41, 5.74) is 0.961. The van der Waals surface area contributed by atoms with Crippen molar-refractivity contribution in [2.24, 2.45) is 0 Å². The summed E-state index contributed by atoms with van der Waals surface area (Å²) >= 11 is 3.51. The molecule has 5 heteroatoms. The molecule has 1 heterocycles. The smallest absolute Gasteiger partial charge is 0.229 e. The Kier molecular flexibility index (Phi) is 4.80. The molecule has 0 aliphatic heterocycles. The maximum Gasteiger partial charge on any atom is 0.229 e. The van der Waals surface area contributed by atoms with Crippen LogP contribution in [0.3, 0.4) is 0 Å². The molecule has 0 bridgehead atoms. The number of ether oxygens (including phenoxy) is 1. The van der Waals surface area contributed by atoms with Crippen LogP contribution in [-0.4, -0.2) is 34.5 Å². The monoisotopic (exact) mass is 313 g/mol. The lowest BCUT2D eigenvalue weighted by atomic mass is 9.92. The maximum atomic E-state index is 5.50. The summed E-state index contributed by atoms with van der Waals surface area (Å²) in [5, 5.41) is 0.935. The van der Waals surface area contributed by atoms with Gasteiger partial charge in [0.15, 0.2) is 0 Å². The molecule has 1 aliphatic rings. The van der Waals surface area contributed by atoms with Crippen molar-refractivity contribution in [3.63, 3.8) is 0 Å². The van der Waals surface area contributed by atoms with Crippen molar-refractivity contribution in [1.82, 2.24) is 9.97 Å². The fraction of sp³-hybridized carbons (Fsp3) is 0.692. The van der Waals surface area contributed by atoms with Crippen LogP contribution < -0.4 is 9.64 Å². The van der Waals surface area contributed by atoms with E-state index < -0.39 is 0 Å². The number of hydrogen-bond acceptors (Lipinski definition) is 4. The van der Waals surface area contributed by atoms with Crippen molar-refractivity contribution in [3.8, 4) is 5.88 Å². The average Bonchev–Trinajstić information content (AvgIpc) is 2.25. The first-order chi connectivity index (χ1) is 8.74. The topological polar surface area (TPSA) is 38.2 Å². The van der Waals surface area contributed by atoms with Gasteiger partial charge in [0.05, 0.1) is 6.61 Å². The van der Waals surface area contributed by atoms with Crippen molar-refractivity contribution in [2.45, 2.75) is 39.2 Å². The van der Waals surface area contributed by atoms with Gasteiger partial charge in [-0.15, -0.1) is 0 Å². The van der Waals surface area contributed by atoms with Crippen LogP contribution in [0.25, 0.3) is 0 Å². The molecule has 1 fully saturated rings. The zero-order valence-electron chi connectivity index (χ0n) is 11.0. The van der Waals surface area contributed by atoms with Gasteiger partial charge in [-0.05, 0) is 33.1 Å². The Morgan fingerprint density at radius 2 is 2.22 bits per heavy atom. The highest BCUT2D eigenvalue weighted by atomic mass is 79.9. The summed E-state index contributed by atoms with van der Waals surface area (Å²) in [6, 6.07) is 2.49. The molecule has 1 aromatic heterocycles. The molecule has 0 N–H and O–H groups in total. The molecule has 0 aromatic carbocycles. The van der Waals surface area contributed by atoms with Crippen LogP contribution in [0.1, 0.15) is 31.9 Å². The molecule has 0 atom stereocenters. The quantitative estimate of drug-likeness (QED) is 0.757. The van der Waals surface area contributed by atoms with Crippen molar-refractivity contribution in [1.29, 1.82) is 0 Å². The second-order valence-electron chi connectivity index (χ2n) is 4.55. The third-order valence-corrected chi connectivity index (χ3v) is 3.56. The van der Waals surface area contributed by atoms with E-state index in [2.05, 4.69) is 30.8 Å². The molecule has 0 radical (unpaired) electrons. The molecule has 0 amide bonds. The van der Waals surface area contributed by atoms with Crippen molar-refractivity contribution in [2.75, 3.05) is 23.4 Å². The Labute approximate surface area is 117 Å². The van der Waals surface area contributed by atoms with Crippen molar-refractivity contribution < 1.29 is 4.74 Å². The first-order valence-corrected chi connectivity index (χ1v) is 7.67. The normalized spacial score (nSPS) is 15.3. The Morgan fingerprint density at radius 1 is 1.44 bits per heavy atom. The SMILES string of the molecule is CCOc1cc(C)nc(N(CCBr)C2CCC2)n1. The number of anilines is 1. The lowest BCUT2D eigenvalue weighted by molar-refractivity contribution is 0.324. The van der Waals surface area contributed by atoms with Gasteiger partial charge in [0, 0.05) is 29.7 Å². The fourth-order valence-electron chi connectivity index (χ4n) is 2.11. The maximum absolute atomic E-state index is 5.50. The van der Waals surface area contributed by atoms with E-state index >= 15 is 0 Å². The van der Waals surface area contributed by atoms with Crippen LogP contribution >= 0.6 is 15.9 Å². The summed E-state index contributed by atoms with van der Waals surface area (Å²) in [5.74, 6) is 1.49. The molecule has 2 rings (SSSR count). The van der Waals surface area contributed by atoms with Crippen LogP contribution in [0.2, 0.25) is 0 Å². The Morgan fingerprint density at radius 3 is 2.78 bits per heavy atom. The minimum absolute atomic E-state index is 0.596. The van der Waals surface area contributed by atoms with E-state index in [1.807, 2.05) is 19.9 Å². The molecule has 1 saturated carbocycles. The van der Waals surface area contributed by atoms with E-state index in [1.165, 1.54) is 19.3 Å². The van der Waals surface area contributed by atoms with Gasteiger partial charge in [-0.2, -0.15) is 4.98 Å². The van der Waals surface area contributed by atoms with Crippen LogP contribution in [0.4, 0.5) is 5.95 Å². The van der Waals surface area contributed by atoms with E-state index in [4.69, 9.17) is 4.74 Å². The third-order valence-electron chi connectivity index (χ3n) is 3.21. The summed E-state index contributed by atoms with van der Waals surface area (Å²) < 4.78 is 5.50. The summed E-state index contributed by atoms with van der Waals surface area (Å²) in [6.45, 7) is 5.54. The standard InChI is InChI=1S/C13H20BrN3O/c1-3-18-12-9-10(2)15-13(16-12)17(8-7-14)11-5-4-6-11/h9,11H,3-8H2,1-2H3. The minimum Gasteiger partial charge on any atom is -0.478 e. The number of rotatable bonds is 6. The second-order valence-corrected chi connectivity index (χ2v) is 5.34. The fourth-order valence-corrected chi connectivity index (χ4v) is 2.49. The third kappa shape index (κ3) is 3.13. The largest absolute Gasteiger partial charge is 0.478 e. The zero-order chi connectivity index (χ0) is 13.0. The lowest BCUT2D eigenvalue weighted by Gasteiger charge is -2.37. The highest BCUT2D eigenvalue weighted by molar-refractivity contribution is 9.09. The number of alkyl halides is 1. The lowest BCUT2D eigenvalue weighted by Crippen LogP contribution is -2.42. The van der Waals surface area contributed by atoms with Gasteiger partial charge in [0.25, 0.3) is 0 Å². The molecular formula is C13H20BrN3O. The van der Waals surface area contributed by atoms with Gasteiger partial charge in [-0.3, -0.25) is 0 Å². The van der Waals surface area contributed by atoms with Gasteiger partial charge in [0.1, 0.15) is 0 Å². The van der Waals surface area contributed by atoms with Gasteiger partial charge in [-0.1, -0.05) is 15.9 Å². The van der Waals surface area contributed by atoms with Gasteiger partial charge >= 0.3 is 0 Å². The molecule has 4 nitrogen and oxygen atoms in total. The summed E-state index contributed by atoms with van der Waals surface area (Å²) in [6.07, 6.45) is 3.80. The predicted molar refractivity (Wildman–Crippen MR) is 76.7 cm³/mol. The average molecular weight is 314 g/mol. The number of aryl methyl sites for hydroxylation is 1. The van der Waals surface area contributed by atoms with Crippen LogP contribution in [0.15, 0.2) is 6.07 Å². The molecule has 0 spiro atoms. The highest BCUT2D eigenvalue weighted by Crippen LogP contribution is 2.28. The van der Waals surface area contributed by atoms with E-state index in [1.54, 1.807) is 0 Å². The number of nitrogens with zero attached hydrogens (tertiary/aromatic N) is 3. The van der Waals surface area contributed by atoms with Gasteiger partial charge in [-0.25, -0.2) is 4.98 Å². The minimum atomic E-state index is 0.596. The van der Waals surface area contributed by atoms with Gasteiger partial charge in [0.2, 0.25) is 11.8 Å². The Hall–Kier alpha value is -0.840. The first-order valence-electron chi connectivity index (χ1n) is 6.55. The molecule has 0 unspecified atom stereocenters. The first kappa shape index (κ1) is 13.6. The summed E-state index contributed by atoms with van der Waals surface area (Å²) in [4.78, 5) is 11.4. The van der Waals surface area contributed by atoms with E-state index in [0.717, 1.165) is 23.5 Å². The molecule has 1 aliphatic carbocycles. The van der Waals surface area contributed by atoms with Crippen LogP contribution in [0.5, 0.6) is 5.88 Å². The number of aromatic nitrogens is 2. The molecule has 18 heavy (non-hydrogen) atoms. The van der Waals surface area contributed by atoms with Gasteiger partial charge < -0.3 is 9.64 Å². The second kappa shape index (κ2) is 6.36. The van der Waals surface area contributed by atoms with Crippen LogP contribution in [-0.2, 0) is 0 Å². The highest BCUT2D eigenvalue weighted by Gasteiger charge is 2.26. The van der Waals surface area contributed by atoms with E-state index in [-0.39, 0.29) is 0 Å². The Balaban J connectivity index is 2.22. The van der Waals surface area contributed by atoms with E-state index in [0.29, 0.717) is 18.5 Å². The Bertz CT molecular complexity index is 396. The van der Waals surface area contributed by atoms with E-state index in [9.17, 15) is 0 Å². The molecule has 0 saturated heterocycles. The predicted octanol–water partition coefficient (Wildman–Crippen LogP) is 2.94. The number of hydrogen-bond donors (Lipinski definition) is 0.